The minimum Gasteiger partial charge on any atom is -0.467 e. The predicted molar refractivity (Wildman–Crippen MR) is 168 cm³/mol. The number of nitrogens with two attached hydrogens (primary N) is 1. The van der Waals surface area contributed by atoms with Crippen molar-refractivity contribution in [2.24, 2.45) is 0 Å². The van der Waals surface area contributed by atoms with Crippen molar-refractivity contribution in [1.29, 1.82) is 0 Å². The van der Waals surface area contributed by atoms with Gasteiger partial charge in [0, 0.05) is 68.7 Å². The van der Waals surface area contributed by atoms with E-state index in [0.29, 0.717) is 30.4 Å². The Morgan fingerprint density at radius 3 is 2.45 bits per heavy atom. The van der Waals surface area contributed by atoms with Gasteiger partial charge in [0.25, 0.3) is 0 Å². The molecule has 0 aliphatic carbocycles. The molecule has 5 heterocycles. The number of rotatable bonds is 7. The number of aromatic nitrogens is 4. The van der Waals surface area contributed by atoms with Gasteiger partial charge < -0.3 is 34.6 Å². The fourth-order valence-electron chi connectivity index (χ4n) is 6.53. The first-order valence-electron chi connectivity index (χ1n) is 15.4. The number of nitrogens with zero attached hydrogens (tertiary/aromatic N) is 7. The van der Waals surface area contributed by atoms with Gasteiger partial charge in [-0.05, 0) is 70.7 Å². The number of methoxy groups -OCH3 is 1. The summed E-state index contributed by atoms with van der Waals surface area (Å²) >= 11 is 0. The lowest BCUT2D eigenvalue weighted by Crippen LogP contribution is -2.54. The van der Waals surface area contributed by atoms with Gasteiger partial charge in [0.2, 0.25) is 5.95 Å². The molecular formula is C32H42N8O4. The van der Waals surface area contributed by atoms with E-state index in [1.807, 2.05) is 63.4 Å². The van der Waals surface area contributed by atoms with Crippen molar-refractivity contribution in [3.63, 3.8) is 0 Å². The fourth-order valence-corrected chi connectivity index (χ4v) is 6.53. The Morgan fingerprint density at radius 1 is 1.02 bits per heavy atom. The van der Waals surface area contributed by atoms with Crippen molar-refractivity contribution < 1.29 is 19.0 Å². The minimum absolute atomic E-state index is 0.145. The number of hydrogen-bond acceptors (Lipinski definition) is 11. The number of ether oxygens (including phenoxy) is 3. The molecule has 0 spiro atoms. The average Bonchev–Trinajstić information content (AvgIpc) is 3.28. The summed E-state index contributed by atoms with van der Waals surface area (Å²) in [6.45, 7) is 8.73. The van der Waals surface area contributed by atoms with Crippen LogP contribution in [-0.2, 0) is 9.47 Å². The number of likely N-dealkylation sites (tertiary alicyclic amines) is 1. The molecule has 3 aromatic rings. The van der Waals surface area contributed by atoms with Crippen molar-refractivity contribution >= 4 is 23.5 Å². The molecule has 12 nitrogen and oxygen atoms in total. The van der Waals surface area contributed by atoms with Crippen LogP contribution in [-0.4, -0.2) is 88.9 Å². The largest absolute Gasteiger partial charge is 0.467 e. The number of carbonyl (C=O) groups excluding carboxylic acids is 1. The smallest absolute Gasteiger partial charge is 0.410 e. The summed E-state index contributed by atoms with van der Waals surface area (Å²) in [5, 5.41) is 8.72. The number of amides is 1. The SMILES string of the molecule is COCOc1ccccc1-c1cc(N2C[C@H]3CC[C@@H](C2)N3c2nccc(C3CCN(C(=O)OC(C)(C)C)CC3)n2)c(N)nn1. The molecule has 2 bridgehead atoms. The number of carbonyl (C=O) groups is 1. The van der Waals surface area contributed by atoms with E-state index in [4.69, 9.17) is 29.9 Å². The second-order valence-electron chi connectivity index (χ2n) is 12.8. The number of benzene rings is 1. The van der Waals surface area contributed by atoms with E-state index in [2.05, 4.69) is 20.0 Å². The maximum Gasteiger partial charge on any atom is 0.410 e. The Balaban J connectivity index is 1.15. The predicted octanol–water partition coefficient (Wildman–Crippen LogP) is 4.47. The highest BCUT2D eigenvalue weighted by Gasteiger charge is 2.42. The van der Waals surface area contributed by atoms with Gasteiger partial charge in [-0.15, -0.1) is 10.2 Å². The van der Waals surface area contributed by atoms with Crippen molar-refractivity contribution in [1.82, 2.24) is 25.1 Å². The van der Waals surface area contributed by atoms with Crippen LogP contribution < -0.4 is 20.3 Å². The quantitative estimate of drug-likeness (QED) is 0.384. The Kier molecular flexibility index (Phi) is 8.44. The number of hydrogen-bond donors (Lipinski definition) is 1. The lowest BCUT2D eigenvalue weighted by molar-refractivity contribution is 0.0204. The number of anilines is 3. The maximum atomic E-state index is 12.5. The number of piperazine rings is 1. The number of fused-ring (bicyclic) bond motifs is 2. The van der Waals surface area contributed by atoms with Crippen LogP contribution in [0.5, 0.6) is 5.75 Å². The molecule has 1 amide bonds. The first-order valence-corrected chi connectivity index (χ1v) is 15.4. The van der Waals surface area contributed by atoms with Crippen LogP contribution >= 0.6 is 0 Å². The van der Waals surface area contributed by atoms with Crippen molar-refractivity contribution in [2.75, 3.05) is 55.6 Å². The molecule has 2 N–H and O–H groups in total. The van der Waals surface area contributed by atoms with Crippen LogP contribution in [0.1, 0.15) is 58.1 Å². The number of para-hydroxylation sites is 1. The van der Waals surface area contributed by atoms with E-state index in [1.165, 1.54) is 0 Å². The summed E-state index contributed by atoms with van der Waals surface area (Å²) in [5.41, 5.74) is 9.35. The molecule has 3 aliphatic heterocycles. The van der Waals surface area contributed by atoms with Gasteiger partial charge in [0.1, 0.15) is 11.4 Å². The monoisotopic (exact) mass is 602 g/mol. The number of nitrogen functional groups attached to an aromatic ring is 1. The first kappa shape index (κ1) is 29.9. The van der Waals surface area contributed by atoms with Crippen molar-refractivity contribution in [3.8, 4) is 17.0 Å². The molecular weight excluding hydrogens is 560 g/mol. The molecule has 44 heavy (non-hydrogen) atoms. The summed E-state index contributed by atoms with van der Waals surface area (Å²) in [6, 6.07) is 12.3. The standard InChI is InChI=1S/C32H42N8O4/c1-32(2,3)44-31(41)38-15-12-21(13-16-38)25-11-14-34-30(35-25)40-22-9-10-23(40)19-39(18-22)27-17-26(36-37-29(27)33)24-7-5-6-8-28(24)43-20-42-4/h5-8,11,14,17,21-23H,9-10,12-13,15-16,18-20H2,1-4H3,(H2,33,37)/t22-,23+. The highest BCUT2D eigenvalue weighted by atomic mass is 16.7. The van der Waals surface area contributed by atoms with E-state index in [0.717, 1.165) is 61.7 Å². The fraction of sp³-hybridized carbons (Fsp3) is 0.531. The van der Waals surface area contributed by atoms with Gasteiger partial charge in [0.05, 0.1) is 11.4 Å². The van der Waals surface area contributed by atoms with Crippen molar-refractivity contribution in [3.05, 3.63) is 48.3 Å². The van der Waals surface area contributed by atoms with E-state index in [9.17, 15) is 4.79 Å². The molecule has 2 aromatic heterocycles. The zero-order valence-corrected chi connectivity index (χ0v) is 26.0. The summed E-state index contributed by atoms with van der Waals surface area (Å²) < 4.78 is 16.4. The molecule has 3 fully saturated rings. The molecule has 6 rings (SSSR count). The zero-order chi connectivity index (χ0) is 30.8. The summed E-state index contributed by atoms with van der Waals surface area (Å²) in [6.07, 6.45) is 5.46. The van der Waals surface area contributed by atoms with Crippen LogP contribution in [0.25, 0.3) is 11.3 Å². The Labute approximate surface area is 258 Å². The molecule has 0 unspecified atom stereocenters. The van der Waals surface area contributed by atoms with Gasteiger partial charge in [-0.3, -0.25) is 0 Å². The summed E-state index contributed by atoms with van der Waals surface area (Å²) in [7, 11) is 1.59. The topological polar surface area (TPSA) is 132 Å². The van der Waals surface area contributed by atoms with Gasteiger partial charge in [-0.2, -0.15) is 0 Å². The molecule has 12 heteroatoms. The average molecular weight is 603 g/mol. The lowest BCUT2D eigenvalue weighted by Gasteiger charge is -2.42. The molecule has 3 aliphatic rings. The van der Waals surface area contributed by atoms with E-state index < -0.39 is 5.60 Å². The van der Waals surface area contributed by atoms with Crippen LogP contribution in [0.15, 0.2) is 42.6 Å². The Bertz CT molecular complexity index is 1460. The second-order valence-corrected chi connectivity index (χ2v) is 12.8. The Morgan fingerprint density at radius 2 is 1.75 bits per heavy atom. The summed E-state index contributed by atoms with van der Waals surface area (Å²) in [5.74, 6) is 2.16. The number of piperidine rings is 1. The van der Waals surface area contributed by atoms with Gasteiger partial charge in [0.15, 0.2) is 12.6 Å². The molecule has 234 valence electrons. The van der Waals surface area contributed by atoms with Crippen LogP contribution in [0.3, 0.4) is 0 Å². The van der Waals surface area contributed by atoms with Gasteiger partial charge in [-0.1, -0.05) is 12.1 Å². The van der Waals surface area contributed by atoms with E-state index >= 15 is 0 Å². The highest BCUT2D eigenvalue weighted by molar-refractivity contribution is 5.74. The first-order chi connectivity index (χ1) is 21.2. The third-order valence-electron chi connectivity index (χ3n) is 8.58. The molecule has 2 atom stereocenters. The third kappa shape index (κ3) is 6.35. The van der Waals surface area contributed by atoms with Gasteiger partial charge >= 0.3 is 6.09 Å². The molecule has 1 aromatic carbocycles. The summed E-state index contributed by atoms with van der Waals surface area (Å²) in [4.78, 5) is 28.9. The highest BCUT2D eigenvalue weighted by Crippen LogP contribution is 2.39. The zero-order valence-electron chi connectivity index (χ0n) is 26.0. The Hall–Kier alpha value is -4.19. The van der Waals surface area contributed by atoms with Gasteiger partial charge in [-0.25, -0.2) is 14.8 Å². The lowest BCUT2D eigenvalue weighted by atomic mass is 9.93. The van der Waals surface area contributed by atoms with Crippen LogP contribution in [0.2, 0.25) is 0 Å². The maximum absolute atomic E-state index is 12.5. The second kappa shape index (κ2) is 12.4. The molecule has 0 radical (unpaired) electrons. The molecule has 3 saturated heterocycles. The third-order valence-corrected chi connectivity index (χ3v) is 8.58. The molecule has 0 saturated carbocycles. The van der Waals surface area contributed by atoms with E-state index in [-0.39, 0.29) is 30.9 Å². The van der Waals surface area contributed by atoms with E-state index in [1.54, 1.807) is 12.0 Å². The minimum atomic E-state index is -0.495. The van der Waals surface area contributed by atoms with Crippen LogP contribution in [0, 0.1) is 0 Å². The normalized spacial score (nSPS) is 20.6. The van der Waals surface area contributed by atoms with Crippen LogP contribution in [0.4, 0.5) is 22.2 Å². The van der Waals surface area contributed by atoms with Crippen molar-refractivity contribution in [2.45, 2.75) is 70.1 Å².